The van der Waals surface area contributed by atoms with Gasteiger partial charge in [0.2, 0.25) is 5.91 Å². The summed E-state index contributed by atoms with van der Waals surface area (Å²) in [6.07, 6.45) is 4.80. The van der Waals surface area contributed by atoms with Gasteiger partial charge in [-0.15, -0.1) is 0 Å². The van der Waals surface area contributed by atoms with Crippen LogP contribution in [-0.2, 0) is 20.9 Å². The molecule has 2 saturated heterocycles. The molecule has 3 fully saturated rings. The van der Waals surface area contributed by atoms with Gasteiger partial charge >= 0.3 is 0 Å². The van der Waals surface area contributed by atoms with E-state index >= 15 is 0 Å². The maximum atomic E-state index is 13.0. The third kappa shape index (κ3) is 6.03. The van der Waals surface area contributed by atoms with Crippen LogP contribution in [0, 0.1) is 11.8 Å². The van der Waals surface area contributed by atoms with Crippen LogP contribution >= 0.6 is 0 Å². The molecule has 0 aromatic heterocycles. The number of carboxylic acid groups (broad SMARTS) is 1. The van der Waals surface area contributed by atoms with Crippen molar-refractivity contribution < 1.29 is 24.5 Å². The lowest BCUT2D eigenvalue weighted by Crippen LogP contribution is -2.51. The molecule has 1 unspecified atom stereocenters. The Hall–Kier alpha value is -1.96. The average molecular weight is 419 g/mol. The highest BCUT2D eigenvalue weighted by Crippen LogP contribution is 2.35. The molecule has 1 aliphatic carbocycles. The molecule has 3 aliphatic rings. The van der Waals surface area contributed by atoms with E-state index in [2.05, 4.69) is 40.1 Å². The highest BCUT2D eigenvalue weighted by atomic mass is 16.5. The number of hydrogen-bond acceptors (Lipinski definition) is 5. The Balaban J connectivity index is 0.000000806. The highest BCUT2D eigenvalue weighted by molar-refractivity contribution is 5.77. The molecular formula is C23H34N2O5. The number of hydrogen-bond donors (Lipinski definition) is 2. The minimum absolute atomic E-state index is 0.132. The van der Waals surface area contributed by atoms with Crippen LogP contribution in [0.5, 0.6) is 0 Å². The van der Waals surface area contributed by atoms with Gasteiger partial charge in [0, 0.05) is 26.1 Å². The van der Waals surface area contributed by atoms with Crippen LogP contribution < -0.4 is 0 Å². The summed E-state index contributed by atoms with van der Waals surface area (Å²) < 4.78 is 5.86. The fraction of sp³-hybridized carbons (Fsp3) is 0.652. The predicted molar refractivity (Wildman–Crippen MR) is 113 cm³/mol. The first-order valence-corrected chi connectivity index (χ1v) is 11.0. The second kappa shape index (κ2) is 11.4. The first-order chi connectivity index (χ1) is 14.6. The minimum atomic E-state index is -0.250. The van der Waals surface area contributed by atoms with E-state index in [-0.39, 0.29) is 31.1 Å². The van der Waals surface area contributed by atoms with Gasteiger partial charge in [0.15, 0.2) is 0 Å². The smallest absolute Gasteiger partial charge is 0.290 e. The van der Waals surface area contributed by atoms with E-state index in [1.165, 1.54) is 5.56 Å². The van der Waals surface area contributed by atoms with Gasteiger partial charge in [-0.1, -0.05) is 30.3 Å². The molecule has 2 N–H and O–H groups in total. The van der Waals surface area contributed by atoms with Crippen molar-refractivity contribution in [2.75, 3.05) is 32.8 Å². The number of amides is 1. The standard InChI is InChI=1S/C22H32N2O3.CH2O2/c25-16-19-12-20-21(13-19)27-11-10-24(20)22(26)14-17-6-8-23(9-7-17)15-18-4-2-1-3-5-18;2-1-3/h1-5,17,19-21,25H,6-16H2;1H,(H,2,3)/t19-,20+,21?;/m1./s1. The van der Waals surface area contributed by atoms with Crippen molar-refractivity contribution in [3.8, 4) is 0 Å². The fourth-order valence-electron chi connectivity index (χ4n) is 5.06. The summed E-state index contributed by atoms with van der Waals surface area (Å²) >= 11 is 0. The lowest BCUT2D eigenvalue weighted by Gasteiger charge is -2.39. The van der Waals surface area contributed by atoms with Crippen LogP contribution in [0.2, 0.25) is 0 Å². The van der Waals surface area contributed by atoms with Gasteiger partial charge in [-0.3, -0.25) is 14.5 Å². The zero-order valence-corrected chi connectivity index (χ0v) is 17.6. The van der Waals surface area contributed by atoms with Crippen molar-refractivity contribution in [3.63, 3.8) is 0 Å². The molecular weight excluding hydrogens is 384 g/mol. The quantitative estimate of drug-likeness (QED) is 0.711. The maximum Gasteiger partial charge on any atom is 0.290 e. The number of benzene rings is 1. The van der Waals surface area contributed by atoms with Crippen molar-refractivity contribution in [2.45, 2.75) is 50.8 Å². The first-order valence-electron chi connectivity index (χ1n) is 11.0. The number of morpholine rings is 1. The summed E-state index contributed by atoms with van der Waals surface area (Å²) in [6.45, 7) is 4.48. The molecule has 2 heterocycles. The van der Waals surface area contributed by atoms with Crippen LogP contribution in [0.25, 0.3) is 0 Å². The van der Waals surface area contributed by atoms with Crippen molar-refractivity contribution in [3.05, 3.63) is 35.9 Å². The van der Waals surface area contributed by atoms with Crippen molar-refractivity contribution in [2.24, 2.45) is 11.8 Å². The van der Waals surface area contributed by atoms with Crippen LogP contribution in [-0.4, -0.2) is 77.4 Å². The van der Waals surface area contributed by atoms with E-state index in [9.17, 15) is 9.90 Å². The number of likely N-dealkylation sites (tertiary alicyclic amines) is 1. The SMILES string of the molecule is O=C(CC1CCN(Cc2ccccc2)CC1)N1CCOC2C[C@H](CO)C[C@@H]21.O=CO. The lowest BCUT2D eigenvalue weighted by atomic mass is 9.92. The topological polar surface area (TPSA) is 90.3 Å². The molecule has 2 aliphatic heterocycles. The van der Waals surface area contributed by atoms with E-state index in [1.54, 1.807) is 0 Å². The Kier molecular flexibility index (Phi) is 8.66. The van der Waals surface area contributed by atoms with E-state index in [0.29, 0.717) is 31.4 Å². The third-order valence-corrected chi connectivity index (χ3v) is 6.63. The van der Waals surface area contributed by atoms with Crippen LogP contribution in [0.4, 0.5) is 0 Å². The molecule has 0 radical (unpaired) electrons. The third-order valence-electron chi connectivity index (χ3n) is 6.63. The fourth-order valence-corrected chi connectivity index (χ4v) is 5.06. The summed E-state index contributed by atoms with van der Waals surface area (Å²) in [7, 11) is 0. The Morgan fingerprint density at radius 2 is 1.80 bits per heavy atom. The molecule has 166 valence electrons. The van der Waals surface area contributed by atoms with E-state index in [1.807, 2.05) is 0 Å². The molecule has 1 saturated carbocycles. The molecule has 30 heavy (non-hydrogen) atoms. The summed E-state index contributed by atoms with van der Waals surface area (Å²) in [5.74, 6) is 1.09. The molecule has 3 atom stereocenters. The number of nitrogens with zero attached hydrogens (tertiary/aromatic N) is 2. The van der Waals surface area contributed by atoms with Crippen molar-refractivity contribution in [1.82, 2.24) is 9.80 Å². The molecule has 4 rings (SSSR count). The number of carbonyl (C=O) groups is 2. The number of aliphatic hydroxyl groups excluding tert-OH is 1. The second-order valence-corrected chi connectivity index (χ2v) is 8.60. The van der Waals surface area contributed by atoms with Gasteiger partial charge in [0.25, 0.3) is 6.47 Å². The monoisotopic (exact) mass is 418 g/mol. The second-order valence-electron chi connectivity index (χ2n) is 8.60. The lowest BCUT2D eigenvalue weighted by molar-refractivity contribution is -0.145. The number of piperidine rings is 1. The zero-order valence-electron chi connectivity index (χ0n) is 17.6. The van der Waals surface area contributed by atoms with Crippen LogP contribution in [0.15, 0.2) is 30.3 Å². The molecule has 7 heteroatoms. The van der Waals surface area contributed by atoms with Crippen LogP contribution in [0.1, 0.15) is 37.7 Å². The Morgan fingerprint density at radius 1 is 1.10 bits per heavy atom. The van der Waals surface area contributed by atoms with Crippen molar-refractivity contribution in [1.29, 1.82) is 0 Å². The summed E-state index contributed by atoms with van der Waals surface area (Å²) in [5, 5.41) is 16.4. The molecule has 0 spiro atoms. The Bertz CT molecular complexity index is 663. The van der Waals surface area contributed by atoms with Gasteiger partial charge in [-0.25, -0.2) is 0 Å². The summed E-state index contributed by atoms with van der Waals surface area (Å²) in [5.41, 5.74) is 1.37. The number of carbonyl (C=O) groups excluding carboxylic acids is 1. The molecule has 1 aromatic rings. The van der Waals surface area contributed by atoms with Gasteiger partial charge in [-0.05, 0) is 56.2 Å². The number of aliphatic hydroxyl groups is 1. The Morgan fingerprint density at radius 3 is 2.47 bits per heavy atom. The van der Waals surface area contributed by atoms with Gasteiger partial charge in [-0.2, -0.15) is 0 Å². The molecule has 0 bridgehead atoms. The number of fused-ring (bicyclic) bond motifs is 1. The predicted octanol–water partition coefficient (Wildman–Crippen LogP) is 1.99. The van der Waals surface area contributed by atoms with Crippen molar-refractivity contribution >= 4 is 12.4 Å². The molecule has 7 nitrogen and oxygen atoms in total. The van der Waals surface area contributed by atoms with Crippen LogP contribution in [0.3, 0.4) is 0 Å². The maximum absolute atomic E-state index is 13.0. The van der Waals surface area contributed by atoms with E-state index in [4.69, 9.17) is 14.6 Å². The van der Waals surface area contributed by atoms with Gasteiger partial charge in [0.1, 0.15) is 0 Å². The summed E-state index contributed by atoms with van der Waals surface area (Å²) in [4.78, 5) is 25.9. The van der Waals surface area contributed by atoms with E-state index in [0.717, 1.165) is 45.3 Å². The normalized spacial score (nSPS) is 27.1. The largest absolute Gasteiger partial charge is 0.483 e. The number of ether oxygens (including phenoxy) is 1. The number of rotatable bonds is 5. The first kappa shape index (κ1) is 22.7. The van der Waals surface area contributed by atoms with Gasteiger partial charge < -0.3 is 19.8 Å². The highest BCUT2D eigenvalue weighted by Gasteiger charge is 2.42. The summed E-state index contributed by atoms with van der Waals surface area (Å²) in [6, 6.07) is 10.8. The zero-order chi connectivity index (χ0) is 21.3. The minimum Gasteiger partial charge on any atom is -0.483 e. The van der Waals surface area contributed by atoms with E-state index < -0.39 is 0 Å². The van der Waals surface area contributed by atoms with Gasteiger partial charge in [0.05, 0.1) is 18.8 Å². The Labute approximate surface area is 178 Å². The molecule has 1 aromatic carbocycles. The molecule has 1 amide bonds. The average Bonchev–Trinajstić information content (AvgIpc) is 3.20.